The Morgan fingerprint density at radius 2 is 1.89 bits per heavy atom. The van der Waals surface area contributed by atoms with Crippen LogP contribution < -0.4 is 0 Å². The van der Waals surface area contributed by atoms with Gasteiger partial charge in [0.1, 0.15) is 6.10 Å². The van der Waals surface area contributed by atoms with Crippen LogP contribution in [-0.4, -0.2) is 17.3 Å². The first-order chi connectivity index (χ1) is 8.18. The van der Waals surface area contributed by atoms with Crippen molar-refractivity contribution in [1.82, 2.24) is 0 Å². The first-order valence-electron chi connectivity index (χ1n) is 5.67. The Kier molecular flexibility index (Phi) is 4.40. The van der Waals surface area contributed by atoms with Crippen molar-refractivity contribution in [2.75, 3.05) is 6.61 Å². The van der Waals surface area contributed by atoms with Crippen LogP contribution in [0.15, 0.2) is 24.3 Å². The van der Waals surface area contributed by atoms with Gasteiger partial charge >= 0.3 is 6.18 Å². The molecule has 0 aliphatic carbocycles. The molecule has 0 aromatic heterocycles. The van der Waals surface area contributed by atoms with Crippen LogP contribution >= 0.6 is 0 Å². The average molecular weight is 262 g/mol. The second-order valence-corrected chi connectivity index (χ2v) is 4.56. The van der Waals surface area contributed by atoms with Crippen LogP contribution in [0.5, 0.6) is 0 Å². The minimum atomic E-state index is -4.41. The number of rotatable bonds is 4. The largest absolute Gasteiger partial charge is 0.416 e. The molecule has 102 valence electrons. The van der Waals surface area contributed by atoms with Crippen LogP contribution in [0.25, 0.3) is 0 Å². The highest BCUT2D eigenvalue weighted by atomic mass is 19.4. The van der Waals surface area contributed by atoms with Gasteiger partial charge in [-0.2, -0.15) is 13.2 Å². The maximum atomic E-state index is 12.6. The number of aliphatic hydroxyl groups is 1. The van der Waals surface area contributed by atoms with Gasteiger partial charge in [-0.15, -0.1) is 0 Å². The Morgan fingerprint density at radius 3 is 2.39 bits per heavy atom. The Bertz CT molecular complexity index is 399. The van der Waals surface area contributed by atoms with Gasteiger partial charge in [-0.05, 0) is 38.5 Å². The van der Waals surface area contributed by atoms with Crippen molar-refractivity contribution in [1.29, 1.82) is 0 Å². The van der Waals surface area contributed by atoms with E-state index in [1.165, 1.54) is 12.1 Å². The molecule has 5 heteroatoms. The zero-order valence-electron chi connectivity index (χ0n) is 10.6. The average Bonchev–Trinajstić information content (AvgIpc) is 2.27. The first-order valence-corrected chi connectivity index (χ1v) is 5.67. The van der Waals surface area contributed by atoms with Crippen molar-refractivity contribution >= 4 is 0 Å². The maximum Gasteiger partial charge on any atom is 0.416 e. The first kappa shape index (κ1) is 15.0. The van der Waals surface area contributed by atoms with Gasteiger partial charge in [0.25, 0.3) is 0 Å². The normalized spacial score (nSPS) is 14.6. The highest BCUT2D eigenvalue weighted by Crippen LogP contribution is 2.34. The fourth-order valence-corrected chi connectivity index (χ4v) is 1.74. The lowest BCUT2D eigenvalue weighted by Crippen LogP contribution is -2.33. The van der Waals surface area contributed by atoms with E-state index < -0.39 is 23.4 Å². The van der Waals surface area contributed by atoms with Gasteiger partial charge in [-0.1, -0.05) is 12.1 Å². The molecule has 0 saturated heterocycles. The molecule has 18 heavy (non-hydrogen) atoms. The summed E-state index contributed by atoms with van der Waals surface area (Å²) in [6.07, 6.45) is -5.52. The third kappa shape index (κ3) is 3.46. The van der Waals surface area contributed by atoms with Crippen LogP contribution in [0.3, 0.4) is 0 Å². The van der Waals surface area contributed by atoms with E-state index >= 15 is 0 Å². The summed E-state index contributed by atoms with van der Waals surface area (Å²) >= 11 is 0. The second-order valence-electron chi connectivity index (χ2n) is 4.56. The van der Waals surface area contributed by atoms with E-state index in [0.717, 1.165) is 12.1 Å². The van der Waals surface area contributed by atoms with Crippen molar-refractivity contribution in [3.63, 3.8) is 0 Å². The lowest BCUT2D eigenvalue weighted by molar-refractivity contribution is -0.138. The van der Waals surface area contributed by atoms with Crippen molar-refractivity contribution in [2.45, 2.75) is 38.7 Å². The van der Waals surface area contributed by atoms with E-state index in [2.05, 4.69) is 0 Å². The highest BCUT2D eigenvalue weighted by Gasteiger charge is 2.34. The van der Waals surface area contributed by atoms with E-state index in [0.29, 0.717) is 6.61 Å². The molecule has 0 aliphatic rings. The fraction of sp³-hybridized carbons (Fsp3) is 0.538. The molecule has 0 heterocycles. The molecule has 1 unspecified atom stereocenters. The Labute approximate surface area is 104 Å². The summed E-state index contributed by atoms with van der Waals surface area (Å²) in [6.45, 7) is 5.42. The molecule has 0 radical (unpaired) electrons. The number of alkyl halides is 3. The van der Waals surface area contributed by atoms with Crippen LogP contribution in [0.4, 0.5) is 13.2 Å². The number of hydrogen-bond donors (Lipinski definition) is 1. The minimum Gasteiger partial charge on any atom is -0.385 e. The minimum absolute atomic E-state index is 0.197. The summed E-state index contributed by atoms with van der Waals surface area (Å²) in [5.74, 6) is 0. The Morgan fingerprint density at radius 1 is 1.28 bits per heavy atom. The molecule has 0 aliphatic heterocycles. The molecule has 2 nitrogen and oxygen atoms in total. The van der Waals surface area contributed by atoms with E-state index in [9.17, 15) is 18.3 Å². The molecule has 0 fully saturated rings. The molecule has 1 aromatic carbocycles. The van der Waals surface area contributed by atoms with E-state index in [-0.39, 0.29) is 5.56 Å². The van der Waals surface area contributed by atoms with Crippen LogP contribution in [0, 0.1) is 0 Å². The van der Waals surface area contributed by atoms with Gasteiger partial charge in [0.15, 0.2) is 0 Å². The molecule has 1 N–H and O–H groups in total. The van der Waals surface area contributed by atoms with Crippen molar-refractivity contribution in [3.05, 3.63) is 35.4 Å². The lowest BCUT2D eigenvalue weighted by atomic mass is 9.93. The fourth-order valence-electron chi connectivity index (χ4n) is 1.74. The molecular weight excluding hydrogens is 245 g/mol. The van der Waals surface area contributed by atoms with Gasteiger partial charge in [-0.25, -0.2) is 0 Å². The van der Waals surface area contributed by atoms with Crippen LogP contribution in [-0.2, 0) is 10.9 Å². The molecule has 0 bridgehead atoms. The monoisotopic (exact) mass is 262 g/mol. The van der Waals surface area contributed by atoms with Gasteiger partial charge in [0.05, 0.1) is 11.2 Å². The lowest BCUT2D eigenvalue weighted by Gasteiger charge is -2.30. The summed E-state index contributed by atoms with van der Waals surface area (Å²) in [4.78, 5) is 0. The Balaban J connectivity index is 3.04. The molecule has 1 atom stereocenters. The number of hydrogen-bond acceptors (Lipinski definition) is 2. The van der Waals surface area contributed by atoms with Crippen molar-refractivity contribution in [3.8, 4) is 0 Å². The summed E-state index contributed by atoms with van der Waals surface area (Å²) < 4.78 is 43.0. The smallest absolute Gasteiger partial charge is 0.385 e. The van der Waals surface area contributed by atoms with Crippen LogP contribution in [0.1, 0.15) is 38.0 Å². The van der Waals surface area contributed by atoms with E-state index in [1.807, 2.05) is 0 Å². The molecular formula is C13H17F3O2. The number of ether oxygens (including phenoxy) is 1. The standard InChI is InChI=1S/C13H17F3O2/c1-4-18-12(2,3)11(17)9-6-5-7-10(8-9)13(14,15)16/h5-8,11,17H,4H2,1-3H3. The van der Waals surface area contributed by atoms with Crippen molar-refractivity contribution < 1.29 is 23.0 Å². The predicted octanol–water partition coefficient (Wildman–Crippen LogP) is 3.55. The molecule has 0 saturated carbocycles. The predicted molar refractivity (Wildman–Crippen MR) is 62.1 cm³/mol. The number of halogens is 3. The zero-order valence-corrected chi connectivity index (χ0v) is 10.6. The van der Waals surface area contributed by atoms with Gasteiger partial charge in [-0.3, -0.25) is 0 Å². The van der Waals surface area contributed by atoms with Crippen molar-refractivity contribution in [2.24, 2.45) is 0 Å². The summed E-state index contributed by atoms with van der Waals surface area (Å²) in [5, 5.41) is 10.1. The number of aliphatic hydroxyl groups excluding tert-OH is 1. The molecule has 1 rings (SSSR count). The summed E-state index contributed by atoms with van der Waals surface area (Å²) in [5.41, 5.74) is -1.51. The summed E-state index contributed by atoms with van der Waals surface area (Å²) in [7, 11) is 0. The quantitative estimate of drug-likeness (QED) is 0.899. The zero-order chi connectivity index (χ0) is 14.0. The van der Waals surface area contributed by atoms with Gasteiger partial charge in [0.2, 0.25) is 0 Å². The third-order valence-electron chi connectivity index (χ3n) is 2.70. The summed E-state index contributed by atoms with van der Waals surface area (Å²) in [6, 6.07) is 4.67. The van der Waals surface area contributed by atoms with Gasteiger partial charge < -0.3 is 9.84 Å². The number of benzene rings is 1. The topological polar surface area (TPSA) is 29.5 Å². The van der Waals surface area contributed by atoms with E-state index in [4.69, 9.17) is 4.74 Å². The van der Waals surface area contributed by atoms with E-state index in [1.54, 1.807) is 20.8 Å². The Hall–Kier alpha value is -1.07. The molecule has 0 spiro atoms. The van der Waals surface area contributed by atoms with Crippen LogP contribution in [0.2, 0.25) is 0 Å². The maximum absolute atomic E-state index is 12.6. The molecule has 0 amide bonds. The van der Waals surface area contributed by atoms with Gasteiger partial charge in [0, 0.05) is 6.61 Å². The highest BCUT2D eigenvalue weighted by molar-refractivity contribution is 5.28. The third-order valence-corrected chi connectivity index (χ3v) is 2.70. The SMILES string of the molecule is CCOC(C)(C)C(O)c1cccc(C(F)(F)F)c1. The second kappa shape index (κ2) is 5.28. The molecule has 1 aromatic rings.